The first-order chi connectivity index (χ1) is 23.2. The summed E-state index contributed by atoms with van der Waals surface area (Å²) in [6.45, 7) is 2.72. The lowest BCUT2D eigenvalue weighted by Crippen LogP contribution is -2.35. The van der Waals surface area contributed by atoms with Crippen molar-refractivity contribution in [1.29, 1.82) is 0 Å². The molecule has 0 spiro atoms. The summed E-state index contributed by atoms with van der Waals surface area (Å²) < 4.78 is 2.02. The summed E-state index contributed by atoms with van der Waals surface area (Å²) in [5, 5.41) is 18.1. The fourth-order valence-corrected chi connectivity index (χ4v) is 7.31. The van der Waals surface area contributed by atoms with Gasteiger partial charge in [-0.2, -0.15) is 0 Å². The van der Waals surface area contributed by atoms with Crippen LogP contribution >= 0.6 is 23.2 Å². The van der Waals surface area contributed by atoms with Crippen molar-refractivity contribution in [2.45, 2.75) is 32.0 Å². The van der Waals surface area contributed by atoms with Gasteiger partial charge in [-0.15, -0.1) is 0 Å². The third-order valence-electron chi connectivity index (χ3n) is 9.26. The van der Waals surface area contributed by atoms with Crippen LogP contribution in [0.2, 0.25) is 10.0 Å². The molecular weight excluding hydrogens is 649 g/mol. The van der Waals surface area contributed by atoms with Crippen LogP contribution in [-0.4, -0.2) is 69.3 Å². The van der Waals surface area contributed by atoms with Crippen molar-refractivity contribution in [2.75, 3.05) is 31.6 Å². The molecule has 246 valence electrons. The molecule has 7 rings (SSSR count). The van der Waals surface area contributed by atoms with Crippen LogP contribution in [0.3, 0.4) is 0 Å². The topological polar surface area (TPSA) is 116 Å². The highest BCUT2D eigenvalue weighted by molar-refractivity contribution is 6.39. The van der Waals surface area contributed by atoms with Gasteiger partial charge in [-0.05, 0) is 41.8 Å². The second kappa shape index (κ2) is 13.1. The number of carbonyl (C=O) groups is 2. The van der Waals surface area contributed by atoms with Crippen LogP contribution in [0, 0.1) is 0 Å². The lowest BCUT2D eigenvalue weighted by molar-refractivity contribution is -0.119. The molecule has 10 nitrogen and oxygen atoms in total. The molecule has 1 saturated heterocycles. The highest BCUT2D eigenvalue weighted by atomic mass is 35.5. The van der Waals surface area contributed by atoms with Gasteiger partial charge in [-0.1, -0.05) is 53.5 Å². The number of nitrogens with one attached hydrogen (secondary N) is 2. The second-order valence-electron chi connectivity index (χ2n) is 12.4. The van der Waals surface area contributed by atoms with E-state index in [0.29, 0.717) is 48.3 Å². The molecule has 2 aliphatic rings. The van der Waals surface area contributed by atoms with Crippen LogP contribution in [-0.2, 0) is 24.9 Å². The van der Waals surface area contributed by atoms with E-state index in [1.165, 1.54) is 4.90 Å². The van der Waals surface area contributed by atoms with Gasteiger partial charge in [0.15, 0.2) is 0 Å². The van der Waals surface area contributed by atoms with E-state index in [0.717, 1.165) is 68.8 Å². The summed E-state index contributed by atoms with van der Waals surface area (Å²) in [6, 6.07) is 17.9. The van der Waals surface area contributed by atoms with E-state index in [2.05, 4.69) is 32.8 Å². The van der Waals surface area contributed by atoms with Gasteiger partial charge in [-0.3, -0.25) is 9.78 Å². The molecule has 1 fully saturated rings. The Bertz CT molecular complexity index is 2060. The van der Waals surface area contributed by atoms with E-state index in [1.54, 1.807) is 6.20 Å². The number of anilines is 1. The molecular formula is C36H35Cl2N7O3. The van der Waals surface area contributed by atoms with Gasteiger partial charge >= 0.3 is 6.09 Å². The number of hydrogen-bond acceptors (Lipinski definition) is 6. The van der Waals surface area contributed by atoms with Crippen LogP contribution in [0.25, 0.3) is 44.7 Å². The third kappa shape index (κ3) is 6.07. The Hall–Kier alpha value is -4.64. The number of likely N-dealkylation sites (N-methyl/N-ethyl adjacent to an activating group) is 1. The summed E-state index contributed by atoms with van der Waals surface area (Å²) in [4.78, 5) is 36.4. The largest absolute Gasteiger partial charge is 0.465 e. The molecule has 0 aliphatic carbocycles. The average Bonchev–Trinajstić information content (AvgIpc) is 3.58. The highest BCUT2D eigenvalue weighted by Crippen LogP contribution is 2.42. The number of halogens is 2. The fourth-order valence-electron chi connectivity index (χ4n) is 6.66. The van der Waals surface area contributed by atoms with Crippen LogP contribution in [0.5, 0.6) is 0 Å². The molecule has 2 aromatic carbocycles. The number of rotatable bonds is 7. The number of hydrogen-bond donors (Lipinski definition) is 3. The van der Waals surface area contributed by atoms with Crippen molar-refractivity contribution in [3.63, 3.8) is 0 Å². The van der Waals surface area contributed by atoms with Gasteiger partial charge in [0.2, 0.25) is 5.91 Å². The van der Waals surface area contributed by atoms with Crippen molar-refractivity contribution < 1.29 is 14.7 Å². The minimum atomic E-state index is -0.930. The number of amides is 2. The van der Waals surface area contributed by atoms with E-state index in [-0.39, 0.29) is 11.9 Å². The van der Waals surface area contributed by atoms with Crippen LogP contribution < -0.4 is 15.5 Å². The van der Waals surface area contributed by atoms with Gasteiger partial charge in [0.05, 0.1) is 28.0 Å². The van der Waals surface area contributed by atoms with E-state index < -0.39 is 6.09 Å². The number of aromatic nitrogens is 3. The number of aryl methyl sites for hydroxylation is 1. The molecule has 0 saturated carbocycles. The molecule has 2 amide bonds. The normalized spacial score (nSPS) is 16.2. The summed E-state index contributed by atoms with van der Waals surface area (Å²) in [7, 11) is 3.95. The average molecular weight is 685 g/mol. The highest BCUT2D eigenvalue weighted by Gasteiger charge is 2.24. The molecule has 0 radical (unpaired) electrons. The maximum atomic E-state index is 11.7. The van der Waals surface area contributed by atoms with Gasteiger partial charge < -0.3 is 30.1 Å². The molecule has 48 heavy (non-hydrogen) atoms. The first-order valence-corrected chi connectivity index (χ1v) is 16.6. The number of benzene rings is 2. The molecule has 0 bridgehead atoms. The van der Waals surface area contributed by atoms with E-state index in [4.69, 9.17) is 28.2 Å². The van der Waals surface area contributed by atoms with Crippen molar-refractivity contribution >= 4 is 51.9 Å². The third-order valence-corrected chi connectivity index (χ3v) is 10.0. The molecule has 12 heteroatoms. The van der Waals surface area contributed by atoms with Crippen LogP contribution in [0.15, 0.2) is 67.0 Å². The lowest BCUT2D eigenvalue weighted by atomic mass is 9.99. The van der Waals surface area contributed by atoms with Crippen molar-refractivity contribution in [2.24, 2.45) is 7.05 Å². The second-order valence-corrected chi connectivity index (χ2v) is 13.2. The molecule has 2 aliphatic heterocycles. The predicted octanol–water partition coefficient (Wildman–Crippen LogP) is 6.57. The van der Waals surface area contributed by atoms with Crippen LogP contribution in [0.1, 0.15) is 24.0 Å². The molecule has 5 heterocycles. The predicted molar refractivity (Wildman–Crippen MR) is 189 cm³/mol. The minimum Gasteiger partial charge on any atom is -0.465 e. The minimum absolute atomic E-state index is 0.119. The molecule has 3 N–H and O–H groups in total. The Morgan fingerprint density at radius 2 is 1.85 bits per heavy atom. The maximum absolute atomic E-state index is 11.7. The van der Waals surface area contributed by atoms with E-state index in [1.807, 2.05) is 67.2 Å². The number of pyridine rings is 2. The summed E-state index contributed by atoms with van der Waals surface area (Å²) >= 11 is 14.2. The standard InChI is InChI=1S/C36H35Cl2N7O3/c1-43-14-15-45(36(47)48)20-22-7-6-21(16-30(22)43)34-33(38)27(12-13-40-34)26-4-3-5-28(32(26)37)29-10-9-25-23(19-44(2)35(25)42-29)17-39-18-24-8-11-31(46)41-24/h3-7,9-10,12-13,16,19,24,39H,8,11,14-15,17-18,20H2,1-2H3,(H,41,46)(H,47,48). The molecule has 5 aromatic rings. The Morgan fingerprint density at radius 3 is 2.65 bits per heavy atom. The molecule has 1 unspecified atom stereocenters. The van der Waals surface area contributed by atoms with Crippen molar-refractivity contribution in [1.82, 2.24) is 30.1 Å². The van der Waals surface area contributed by atoms with Gasteiger partial charge in [0, 0.05) is 98.5 Å². The van der Waals surface area contributed by atoms with E-state index in [9.17, 15) is 14.7 Å². The summed E-state index contributed by atoms with van der Waals surface area (Å²) in [5.41, 5.74) is 8.36. The lowest BCUT2D eigenvalue weighted by Gasteiger charge is -2.20. The Kier molecular flexibility index (Phi) is 8.72. The summed E-state index contributed by atoms with van der Waals surface area (Å²) in [6.07, 6.45) is 4.33. The first-order valence-electron chi connectivity index (χ1n) is 15.9. The SMILES string of the molecule is CN1CCN(C(=O)O)Cc2ccc(-c3nccc(-c4cccc(-c5ccc6c(CNCC7CCC(=O)N7)cn(C)c6n5)c4Cl)c3Cl)cc21. The smallest absolute Gasteiger partial charge is 0.407 e. The van der Waals surface area contributed by atoms with Crippen LogP contribution in [0.4, 0.5) is 10.5 Å². The van der Waals surface area contributed by atoms with Crippen molar-refractivity contribution in [3.8, 4) is 33.6 Å². The number of carboxylic acid groups (broad SMARTS) is 1. The Morgan fingerprint density at radius 1 is 1.04 bits per heavy atom. The monoisotopic (exact) mass is 683 g/mol. The maximum Gasteiger partial charge on any atom is 0.407 e. The van der Waals surface area contributed by atoms with E-state index >= 15 is 0 Å². The number of fused-ring (bicyclic) bond motifs is 2. The zero-order valence-corrected chi connectivity index (χ0v) is 28.1. The quantitative estimate of drug-likeness (QED) is 0.178. The molecule has 3 aromatic heterocycles. The Labute approximate surface area is 288 Å². The Balaban J connectivity index is 1.17. The summed E-state index contributed by atoms with van der Waals surface area (Å²) in [5.74, 6) is 0.119. The van der Waals surface area contributed by atoms with Gasteiger partial charge in [-0.25, -0.2) is 9.78 Å². The van der Waals surface area contributed by atoms with Gasteiger partial charge in [0.1, 0.15) is 5.65 Å². The van der Waals surface area contributed by atoms with Gasteiger partial charge in [0.25, 0.3) is 0 Å². The zero-order chi connectivity index (χ0) is 33.5. The fraction of sp³-hybridized carbons (Fsp3) is 0.278. The number of carbonyl (C=O) groups excluding carboxylic acids is 1. The zero-order valence-electron chi connectivity index (χ0n) is 26.6. The number of nitrogens with zero attached hydrogens (tertiary/aromatic N) is 5. The van der Waals surface area contributed by atoms with Crippen molar-refractivity contribution in [3.05, 3.63) is 88.2 Å². The first kappa shape index (κ1) is 31.9. The molecule has 1 atom stereocenters.